The average Bonchev–Trinajstić information content (AvgIpc) is 3.91. The molecule has 0 aliphatic heterocycles. The molecule has 60 heavy (non-hydrogen) atoms. The quantitative estimate of drug-likeness (QED) is 0.0881. The number of rotatable bonds is 11. The highest BCUT2D eigenvalue weighted by atomic mass is 16.5. The van der Waals surface area contributed by atoms with Crippen LogP contribution in [0, 0.1) is 74.9 Å². The van der Waals surface area contributed by atoms with Crippen LogP contribution in [0.2, 0.25) is 0 Å². The predicted octanol–water partition coefficient (Wildman–Crippen LogP) is 10.3. The van der Waals surface area contributed by atoms with Crippen molar-refractivity contribution < 1.29 is 19.4 Å². The maximum absolute atomic E-state index is 14.6. The smallest absolute Gasteiger partial charge is 0.309 e. The summed E-state index contributed by atoms with van der Waals surface area (Å²) in [7, 11) is 1.51. The first-order chi connectivity index (χ1) is 28.0. The van der Waals surface area contributed by atoms with E-state index >= 15 is 0 Å². The summed E-state index contributed by atoms with van der Waals surface area (Å²) in [6.07, 6.45) is 12.9. The van der Waals surface area contributed by atoms with Crippen molar-refractivity contribution in [2.24, 2.45) is 56.5 Å². The van der Waals surface area contributed by atoms with Gasteiger partial charge in [0.25, 0.3) is 5.56 Å². The van der Waals surface area contributed by atoms with Crippen molar-refractivity contribution >= 4 is 12.2 Å². The second-order valence-electron chi connectivity index (χ2n) is 22.2. The molecule has 10 atom stereocenters. The number of fused-ring (bicyclic) bond motifs is 7. The van der Waals surface area contributed by atoms with Gasteiger partial charge < -0.3 is 20.0 Å². The lowest BCUT2D eigenvalue weighted by Gasteiger charge is -2.72. The Kier molecular flexibility index (Phi) is 11.3. The highest BCUT2D eigenvalue weighted by Crippen LogP contribution is 2.77. The Morgan fingerprint density at radius 3 is 2.30 bits per heavy atom. The van der Waals surface area contributed by atoms with Crippen LogP contribution in [0.5, 0.6) is 0 Å². The normalized spacial score (nSPS) is 35.4. The molecule has 6 aliphatic rings. The number of aromatic nitrogens is 2. The van der Waals surface area contributed by atoms with E-state index in [1.165, 1.54) is 39.0 Å². The second-order valence-corrected chi connectivity index (χ2v) is 22.2. The van der Waals surface area contributed by atoms with Crippen molar-refractivity contribution in [1.82, 2.24) is 9.36 Å². The maximum atomic E-state index is 14.6. The average molecular weight is 825 g/mol. The molecule has 6 aliphatic carbocycles. The number of nitrogens with one attached hydrogen (secondary N) is 1. The Morgan fingerprint density at radius 1 is 1.03 bits per heavy atom. The molecule has 9 heteroatoms. The highest BCUT2D eigenvalue weighted by molar-refractivity contribution is 5.73. The number of nitrogens with two attached hydrogens (primary N) is 1. The minimum atomic E-state index is -0.921. The van der Waals surface area contributed by atoms with Gasteiger partial charge in [-0.15, -0.1) is 0 Å². The molecule has 330 valence electrons. The first-order valence-electron chi connectivity index (χ1n) is 23.2. The fourth-order valence-electron chi connectivity index (χ4n) is 14.9. The van der Waals surface area contributed by atoms with Crippen LogP contribution in [0.15, 0.2) is 39.4 Å². The minimum absolute atomic E-state index is 0.00651. The Morgan fingerprint density at radius 2 is 1.72 bits per heavy atom. The lowest BCUT2D eigenvalue weighted by Crippen LogP contribution is -2.66. The number of carboxylic acids is 1. The summed E-state index contributed by atoms with van der Waals surface area (Å²) in [6.45, 7) is 30.1. The molecule has 0 radical (unpaired) electrons. The Bertz CT molecular complexity index is 2130. The summed E-state index contributed by atoms with van der Waals surface area (Å²) in [5.74, 6) is 7.61. The zero-order chi connectivity index (χ0) is 44.1. The fourth-order valence-corrected chi connectivity index (χ4v) is 14.9. The van der Waals surface area contributed by atoms with Crippen LogP contribution in [-0.4, -0.2) is 46.1 Å². The topological polar surface area (TPSA) is 133 Å². The molecule has 4 N–H and O–H groups in total. The number of ether oxygens (including phenoxy) is 2. The van der Waals surface area contributed by atoms with Crippen molar-refractivity contribution in [3.05, 3.63) is 56.2 Å². The van der Waals surface area contributed by atoms with E-state index in [-0.39, 0.29) is 38.7 Å². The van der Waals surface area contributed by atoms with Crippen LogP contribution >= 0.6 is 0 Å². The van der Waals surface area contributed by atoms with Gasteiger partial charge in [0.05, 0.1) is 16.9 Å². The highest BCUT2D eigenvalue weighted by Gasteiger charge is 2.70. The summed E-state index contributed by atoms with van der Waals surface area (Å²) in [5.41, 5.74) is 13.3. The van der Waals surface area contributed by atoms with E-state index in [1.807, 2.05) is 6.92 Å². The molecule has 5 fully saturated rings. The molecule has 9 nitrogen and oxygen atoms in total. The Labute approximate surface area is 360 Å². The van der Waals surface area contributed by atoms with E-state index in [0.29, 0.717) is 42.4 Å². The molecule has 0 aromatic carbocycles. The van der Waals surface area contributed by atoms with Crippen LogP contribution in [0.1, 0.15) is 164 Å². The van der Waals surface area contributed by atoms with Crippen LogP contribution in [0.4, 0.5) is 0 Å². The fraction of sp³-hybridized carbons (Fsp3) is 0.745. The molecule has 1 heterocycles. The molecule has 1 aromatic rings. The van der Waals surface area contributed by atoms with E-state index in [0.717, 1.165) is 56.2 Å². The van der Waals surface area contributed by atoms with Crippen molar-refractivity contribution in [3.63, 3.8) is 0 Å². The van der Waals surface area contributed by atoms with Gasteiger partial charge in [0.1, 0.15) is 12.1 Å². The van der Waals surface area contributed by atoms with Gasteiger partial charge >= 0.3 is 5.97 Å². The number of carboxylic acid groups (broad SMARTS) is 1. The summed E-state index contributed by atoms with van der Waals surface area (Å²) in [4.78, 5) is 26.5. The maximum Gasteiger partial charge on any atom is 0.309 e. The largest absolute Gasteiger partial charge is 0.495 e. The van der Waals surface area contributed by atoms with Crippen molar-refractivity contribution in [2.75, 3.05) is 7.11 Å². The third kappa shape index (κ3) is 6.49. The number of nitrogens with zero attached hydrogens (tertiary/aromatic N) is 2. The summed E-state index contributed by atoms with van der Waals surface area (Å²) in [5, 5.41) is 18.2. The molecule has 0 spiro atoms. The zero-order valence-electron chi connectivity index (χ0n) is 39.1. The number of methoxy groups -OCH3 is 1. The first-order valence-corrected chi connectivity index (χ1v) is 23.2. The summed E-state index contributed by atoms with van der Waals surface area (Å²) < 4.78 is 15.8. The van der Waals surface area contributed by atoms with Gasteiger partial charge in [0, 0.05) is 42.7 Å². The van der Waals surface area contributed by atoms with Gasteiger partial charge in [0.2, 0.25) is 0 Å². The molecule has 7 rings (SSSR count). The predicted molar refractivity (Wildman–Crippen MR) is 240 cm³/mol. The zero-order valence-corrected chi connectivity index (χ0v) is 39.1. The van der Waals surface area contributed by atoms with Crippen LogP contribution < -0.4 is 11.3 Å². The Hall–Kier alpha value is -3.35. The number of carbonyl (C=O) groups is 1. The van der Waals surface area contributed by atoms with Gasteiger partial charge in [-0.1, -0.05) is 78.0 Å². The van der Waals surface area contributed by atoms with Crippen molar-refractivity contribution in [3.8, 4) is 11.8 Å². The number of allylic oxidation sites excluding steroid dienone is 5. The Balaban J connectivity index is 1.30. The molecular weight excluding hydrogens is 749 g/mol. The molecular formula is C51H76N4O5. The molecule has 0 bridgehead atoms. The third-order valence-corrected chi connectivity index (χ3v) is 18.1. The summed E-state index contributed by atoms with van der Waals surface area (Å²) >= 11 is 0. The van der Waals surface area contributed by atoms with Gasteiger partial charge in [-0.05, 0) is 149 Å². The van der Waals surface area contributed by atoms with Crippen molar-refractivity contribution in [1.29, 1.82) is 5.41 Å². The number of hydrogen-bond acceptors (Lipinski definition) is 6. The van der Waals surface area contributed by atoms with Crippen molar-refractivity contribution in [2.45, 2.75) is 184 Å². The first kappa shape index (κ1) is 44.7. The molecule has 10 unspecified atom stereocenters. The number of aliphatic carboxylic acids is 1. The van der Waals surface area contributed by atoms with E-state index in [4.69, 9.17) is 20.6 Å². The van der Waals surface area contributed by atoms with Gasteiger partial charge in [0.15, 0.2) is 6.23 Å². The van der Waals surface area contributed by atoms with Gasteiger partial charge in [-0.3, -0.25) is 20.0 Å². The third-order valence-electron chi connectivity index (χ3n) is 18.1. The second kappa shape index (κ2) is 15.2. The molecule has 0 saturated heterocycles. The van der Waals surface area contributed by atoms with E-state index < -0.39 is 23.7 Å². The van der Waals surface area contributed by atoms with Crippen LogP contribution in [0.3, 0.4) is 0 Å². The van der Waals surface area contributed by atoms with Gasteiger partial charge in [-0.25, -0.2) is 4.68 Å². The van der Waals surface area contributed by atoms with E-state index in [1.54, 1.807) is 40.8 Å². The lowest BCUT2D eigenvalue weighted by atomic mass is 9.33. The summed E-state index contributed by atoms with van der Waals surface area (Å²) in [6, 6.07) is -0.749. The molecule has 5 saturated carbocycles. The van der Waals surface area contributed by atoms with Gasteiger partial charge in [-0.2, -0.15) is 0 Å². The lowest BCUT2D eigenvalue weighted by molar-refractivity contribution is -0.229. The monoisotopic (exact) mass is 825 g/mol. The molecule has 1 aromatic heterocycles. The standard InChI is InChI=1S/C51H76N4O5/c1-14-54-43(32(5)44(56)55(54)34(29-52)17-20-40(53)59-13)51-26-25-49(11)36(42(51)41(30(2)3)35(28-51)33-15-16-33)18-19-38-48(10)23-22-39(60-31(4)27-46(6,7)45(57)58)47(8,9)37(48)21-24-50(38,49)12/h29-30,34,36-40,52H,4,14-16,18-19,21-28,53H2,1-3,5-13H3,(H,57,58). The SMILES string of the molecule is C=C(CC(C)(C)C(=O)O)OC1CCC2(C)C(CCC3(C)C2CCC2C4=C(C(C)C)C(=C5CC5)CC4(c4c(C)c(=O)n(C(C#CC(N)OC)C=N)n4CC)CCC23C)C1(C)C. The van der Waals surface area contributed by atoms with E-state index in [2.05, 4.69) is 78.5 Å². The number of hydrogen-bond donors (Lipinski definition) is 3. The van der Waals surface area contributed by atoms with Crippen LogP contribution in [-0.2, 0) is 26.2 Å². The van der Waals surface area contributed by atoms with E-state index in [9.17, 15) is 14.7 Å². The minimum Gasteiger partial charge on any atom is -0.495 e. The van der Waals surface area contributed by atoms with Crippen LogP contribution in [0.25, 0.3) is 0 Å². The molecule has 0 amide bonds.